The largest absolute Gasteiger partial charge is 0.0683 e. The third-order valence-electron chi connectivity index (χ3n) is 4.19. The molecule has 0 radical (unpaired) electrons. The van der Waals surface area contributed by atoms with Crippen molar-refractivity contribution in [2.24, 2.45) is 0 Å². The normalized spacial score (nSPS) is 7.24. The lowest BCUT2D eigenvalue weighted by Gasteiger charge is -2.00. The number of benzene rings is 4. The molecule has 0 aromatic heterocycles. The van der Waals surface area contributed by atoms with Gasteiger partial charge >= 0.3 is 0 Å². The third kappa shape index (κ3) is 34.9. The Balaban J connectivity index is -0.000000105. The summed E-state index contributed by atoms with van der Waals surface area (Å²) in [6.45, 7) is 32.0. The van der Waals surface area contributed by atoms with Crippen molar-refractivity contribution < 1.29 is 0 Å². The molecule has 0 saturated carbocycles. The van der Waals surface area contributed by atoms with Crippen LogP contribution in [0.2, 0.25) is 0 Å². The van der Waals surface area contributed by atoms with E-state index in [1.165, 1.54) is 22.3 Å². The van der Waals surface area contributed by atoms with Crippen LogP contribution in [-0.4, -0.2) is 0 Å². The second-order valence-electron chi connectivity index (χ2n) is 6.30. The Morgan fingerprint density at radius 3 is 0.452 bits per heavy atom. The summed E-state index contributed by atoms with van der Waals surface area (Å²) in [6, 6.07) is 42.1. The van der Waals surface area contributed by atoms with Crippen LogP contribution in [0.1, 0.15) is 133 Å². The molecule has 4 rings (SSSR count). The molecule has 0 aliphatic heterocycles. The lowest BCUT2D eigenvalue weighted by Crippen LogP contribution is -1.85. The van der Waals surface area contributed by atoms with Crippen LogP contribution in [-0.2, 0) is 12.8 Å². The van der Waals surface area contributed by atoms with Crippen LogP contribution in [0.25, 0.3) is 0 Å². The van der Waals surface area contributed by atoms with E-state index in [9.17, 15) is 0 Å². The Hall–Kier alpha value is -3.12. The molecule has 0 heteroatoms. The highest BCUT2D eigenvalue weighted by molar-refractivity contribution is 5.26. The van der Waals surface area contributed by atoms with Gasteiger partial charge in [-0.15, -0.1) is 0 Å². The SMILES string of the molecule is CC.CC.CC.CC.CC.CC.CC.CC.c1ccc(Cc2ccccc2)cc1.c1ccc(Cc2ccccc2)cc1. The summed E-state index contributed by atoms with van der Waals surface area (Å²) in [7, 11) is 0. The summed E-state index contributed by atoms with van der Waals surface area (Å²) in [5, 5.41) is 0. The molecule has 0 atom stereocenters. The van der Waals surface area contributed by atoms with Crippen LogP contribution in [0.15, 0.2) is 121 Å². The van der Waals surface area contributed by atoms with E-state index in [4.69, 9.17) is 0 Å². The molecule has 42 heavy (non-hydrogen) atoms. The van der Waals surface area contributed by atoms with Crippen LogP contribution in [0, 0.1) is 0 Å². The Kier molecular flexibility index (Phi) is 66.4. The van der Waals surface area contributed by atoms with Gasteiger partial charge in [-0.1, -0.05) is 232 Å². The van der Waals surface area contributed by atoms with Crippen molar-refractivity contribution in [2.75, 3.05) is 0 Å². The van der Waals surface area contributed by atoms with E-state index in [2.05, 4.69) is 121 Å². The van der Waals surface area contributed by atoms with E-state index < -0.39 is 0 Å². The summed E-state index contributed by atoms with van der Waals surface area (Å²) in [5.41, 5.74) is 5.48. The maximum absolute atomic E-state index is 2.16. The molecule has 0 aliphatic rings. The van der Waals surface area contributed by atoms with E-state index in [0.717, 1.165) is 12.8 Å². The van der Waals surface area contributed by atoms with Gasteiger partial charge < -0.3 is 0 Å². The van der Waals surface area contributed by atoms with E-state index in [1.807, 2.05) is 111 Å². The monoisotopic (exact) mass is 577 g/mol. The second-order valence-corrected chi connectivity index (χ2v) is 6.30. The lowest BCUT2D eigenvalue weighted by molar-refractivity contribution is 1.19. The summed E-state index contributed by atoms with van der Waals surface area (Å²) in [6.07, 6.45) is 2.06. The van der Waals surface area contributed by atoms with Crippen molar-refractivity contribution in [1.82, 2.24) is 0 Å². The molecule has 0 aliphatic carbocycles. The van der Waals surface area contributed by atoms with Gasteiger partial charge in [0, 0.05) is 0 Å². The van der Waals surface area contributed by atoms with E-state index in [1.54, 1.807) is 0 Å². The maximum Gasteiger partial charge on any atom is -0.00258 e. The maximum atomic E-state index is 2.16. The fourth-order valence-corrected chi connectivity index (χ4v) is 2.85. The van der Waals surface area contributed by atoms with Crippen LogP contribution in [0.5, 0.6) is 0 Å². The number of hydrogen-bond donors (Lipinski definition) is 0. The van der Waals surface area contributed by atoms with Crippen LogP contribution in [0.4, 0.5) is 0 Å². The molecule has 0 fully saturated rings. The highest BCUT2D eigenvalue weighted by Crippen LogP contribution is 2.08. The van der Waals surface area contributed by atoms with Crippen molar-refractivity contribution in [2.45, 2.75) is 124 Å². The van der Waals surface area contributed by atoms with Gasteiger partial charge in [-0.2, -0.15) is 0 Å². The molecule has 0 saturated heterocycles. The standard InChI is InChI=1S/2C13H12.8C2H6/c2*1-3-7-12(8-4-1)11-13-9-5-2-6-10-13;8*1-2/h2*1-10H,11H2;8*1-2H3. The van der Waals surface area contributed by atoms with Gasteiger partial charge in [0.1, 0.15) is 0 Å². The van der Waals surface area contributed by atoms with Crippen molar-refractivity contribution in [3.8, 4) is 0 Å². The molecule has 0 nitrogen and oxygen atoms in total. The quantitative estimate of drug-likeness (QED) is 0.227. The fourth-order valence-electron chi connectivity index (χ4n) is 2.85. The first kappa shape index (κ1) is 51.6. The Morgan fingerprint density at radius 1 is 0.214 bits per heavy atom. The minimum Gasteiger partial charge on any atom is -0.0683 e. The highest BCUT2D eigenvalue weighted by atomic mass is 14.0. The minimum atomic E-state index is 1.03. The van der Waals surface area contributed by atoms with Gasteiger partial charge in [-0.3, -0.25) is 0 Å². The average molecular weight is 577 g/mol. The molecule has 0 amide bonds. The van der Waals surface area contributed by atoms with Crippen molar-refractivity contribution in [1.29, 1.82) is 0 Å². The molecule has 0 unspecified atom stereocenters. The summed E-state index contributed by atoms with van der Waals surface area (Å²) in [5.74, 6) is 0. The Morgan fingerprint density at radius 2 is 0.333 bits per heavy atom. The molecule has 0 bridgehead atoms. The fraction of sp³-hybridized carbons (Fsp3) is 0.429. The van der Waals surface area contributed by atoms with Gasteiger partial charge in [0.25, 0.3) is 0 Å². The topological polar surface area (TPSA) is 0 Å². The molecule has 0 heterocycles. The molecule has 4 aromatic carbocycles. The number of hydrogen-bond acceptors (Lipinski definition) is 0. The molecule has 0 spiro atoms. The third-order valence-corrected chi connectivity index (χ3v) is 4.19. The van der Waals surface area contributed by atoms with E-state index in [0.29, 0.717) is 0 Å². The molecular formula is C42H72. The first-order valence-electron chi connectivity index (χ1n) is 17.1. The predicted molar refractivity (Wildman–Crippen MR) is 202 cm³/mol. The first-order chi connectivity index (χ1) is 20.9. The van der Waals surface area contributed by atoms with Gasteiger partial charge in [0.05, 0.1) is 0 Å². The minimum absolute atomic E-state index is 1.03. The predicted octanol–water partition coefficient (Wildman–Crippen LogP) is 14.8. The van der Waals surface area contributed by atoms with Crippen molar-refractivity contribution in [3.63, 3.8) is 0 Å². The second kappa shape index (κ2) is 54.0. The van der Waals surface area contributed by atoms with Gasteiger partial charge in [0.15, 0.2) is 0 Å². The molecular weight excluding hydrogens is 504 g/mol. The molecule has 4 aromatic rings. The lowest BCUT2D eigenvalue weighted by atomic mass is 10.1. The summed E-state index contributed by atoms with van der Waals surface area (Å²) in [4.78, 5) is 0. The average Bonchev–Trinajstić information content (AvgIpc) is 3.14. The van der Waals surface area contributed by atoms with Crippen molar-refractivity contribution >= 4 is 0 Å². The summed E-state index contributed by atoms with van der Waals surface area (Å²) >= 11 is 0. The zero-order valence-electron chi connectivity index (χ0n) is 31.0. The zero-order valence-corrected chi connectivity index (χ0v) is 31.0. The van der Waals surface area contributed by atoms with Crippen molar-refractivity contribution in [3.05, 3.63) is 144 Å². The van der Waals surface area contributed by atoms with E-state index in [-0.39, 0.29) is 0 Å². The molecule has 240 valence electrons. The Labute approximate surface area is 266 Å². The summed E-state index contributed by atoms with van der Waals surface area (Å²) < 4.78 is 0. The first-order valence-corrected chi connectivity index (χ1v) is 17.1. The molecule has 0 N–H and O–H groups in total. The van der Waals surface area contributed by atoms with Crippen LogP contribution in [0.3, 0.4) is 0 Å². The highest BCUT2D eigenvalue weighted by Gasteiger charge is 1.93. The van der Waals surface area contributed by atoms with Gasteiger partial charge in [-0.25, -0.2) is 0 Å². The Bertz CT molecular complexity index is 699. The smallest absolute Gasteiger partial charge is 0.00258 e. The zero-order chi connectivity index (χ0) is 33.9. The van der Waals surface area contributed by atoms with Gasteiger partial charge in [0.2, 0.25) is 0 Å². The van der Waals surface area contributed by atoms with Crippen LogP contribution >= 0.6 is 0 Å². The van der Waals surface area contributed by atoms with Gasteiger partial charge in [-0.05, 0) is 35.1 Å². The van der Waals surface area contributed by atoms with Crippen LogP contribution < -0.4 is 0 Å². The van der Waals surface area contributed by atoms with E-state index >= 15 is 0 Å². The number of rotatable bonds is 4.